The zero-order valence-corrected chi connectivity index (χ0v) is 17.9. The van der Waals surface area contributed by atoms with Crippen molar-refractivity contribution in [2.75, 3.05) is 11.9 Å². The Labute approximate surface area is 174 Å². The van der Waals surface area contributed by atoms with Gasteiger partial charge in [0.05, 0.1) is 6.20 Å². The molecule has 1 aromatic heterocycles. The third-order valence-electron chi connectivity index (χ3n) is 5.55. The zero-order chi connectivity index (χ0) is 20.8. The summed E-state index contributed by atoms with van der Waals surface area (Å²) in [7, 11) is -3.49. The van der Waals surface area contributed by atoms with Crippen LogP contribution < -0.4 is 16.2 Å². The largest absolute Gasteiger partial charge is 0.382 e. The molecule has 4 rings (SSSR count). The van der Waals surface area contributed by atoms with Crippen molar-refractivity contribution in [3.8, 4) is 0 Å². The lowest BCUT2D eigenvalue weighted by molar-refractivity contribution is 0.0665. The van der Waals surface area contributed by atoms with Crippen molar-refractivity contribution in [3.63, 3.8) is 0 Å². The predicted molar refractivity (Wildman–Crippen MR) is 113 cm³/mol. The molecular formula is C19H25N5O3S2. The standard InChI is InChI=1S/C19H25N5O3S2/c1-19(26,10-20)17-22-9-15(28-17)29(21,27)24-18(25)23-16-13-6-2-4-11(13)8-12-5-3-7-14(12)16/h8-9,26H,2-7,10,20H2,1H3,(H3,21,23,24,25,27). The second-order valence-electron chi connectivity index (χ2n) is 7.79. The van der Waals surface area contributed by atoms with Gasteiger partial charge in [-0.2, -0.15) is 0 Å². The van der Waals surface area contributed by atoms with Crippen molar-refractivity contribution in [2.24, 2.45) is 15.2 Å². The lowest BCUT2D eigenvalue weighted by Gasteiger charge is -2.17. The molecule has 2 unspecified atom stereocenters. The first-order valence-electron chi connectivity index (χ1n) is 9.62. The third-order valence-corrected chi connectivity index (χ3v) is 8.68. The normalized spacial score (nSPS) is 19.2. The molecule has 10 heteroatoms. The molecule has 0 radical (unpaired) electrons. The molecule has 0 spiro atoms. The molecule has 29 heavy (non-hydrogen) atoms. The van der Waals surface area contributed by atoms with Gasteiger partial charge in [-0.15, -0.1) is 15.7 Å². The Balaban J connectivity index is 1.63. The molecule has 2 atom stereocenters. The average molecular weight is 436 g/mol. The Morgan fingerprint density at radius 1 is 1.31 bits per heavy atom. The molecule has 0 bridgehead atoms. The van der Waals surface area contributed by atoms with Gasteiger partial charge >= 0.3 is 6.03 Å². The molecule has 8 nitrogen and oxygen atoms in total. The number of aryl methyl sites for hydroxylation is 2. The van der Waals surface area contributed by atoms with Gasteiger partial charge in [0.2, 0.25) is 0 Å². The fraction of sp³-hybridized carbons (Fsp3) is 0.474. The van der Waals surface area contributed by atoms with E-state index in [1.807, 2.05) is 0 Å². The lowest BCUT2D eigenvalue weighted by atomic mass is 9.99. The number of urea groups is 1. The van der Waals surface area contributed by atoms with Crippen LogP contribution in [0.3, 0.4) is 0 Å². The summed E-state index contributed by atoms with van der Waals surface area (Å²) in [4.78, 5) is 16.7. The molecule has 2 amide bonds. The highest BCUT2D eigenvalue weighted by atomic mass is 32.2. The summed E-state index contributed by atoms with van der Waals surface area (Å²) in [6, 6.07) is 1.54. The highest BCUT2D eigenvalue weighted by Gasteiger charge is 2.28. The van der Waals surface area contributed by atoms with Crippen LogP contribution in [0.15, 0.2) is 20.8 Å². The smallest absolute Gasteiger partial charge is 0.354 e. The van der Waals surface area contributed by atoms with E-state index in [1.54, 1.807) is 0 Å². The van der Waals surface area contributed by atoms with Gasteiger partial charge in [-0.25, -0.2) is 19.1 Å². The number of carbonyl (C=O) groups is 1. The number of nitrogens with two attached hydrogens (primary N) is 2. The van der Waals surface area contributed by atoms with Gasteiger partial charge in [0.25, 0.3) is 0 Å². The van der Waals surface area contributed by atoms with Crippen LogP contribution in [0.1, 0.15) is 47.0 Å². The van der Waals surface area contributed by atoms with Crippen LogP contribution in [0, 0.1) is 0 Å². The van der Waals surface area contributed by atoms with Gasteiger partial charge in [0.1, 0.15) is 14.8 Å². The first-order chi connectivity index (χ1) is 13.7. The van der Waals surface area contributed by atoms with Crippen molar-refractivity contribution >= 4 is 33.0 Å². The van der Waals surface area contributed by atoms with E-state index in [0.29, 0.717) is 0 Å². The van der Waals surface area contributed by atoms with Crippen LogP contribution in [0.4, 0.5) is 10.5 Å². The molecule has 1 heterocycles. The van der Waals surface area contributed by atoms with Gasteiger partial charge in [-0.1, -0.05) is 6.07 Å². The topological polar surface area (TPSA) is 144 Å². The fourth-order valence-corrected chi connectivity index (χ4v) is 6.11. The van der Waals surface area contributed by atoms with Crippen LogP contribution in [0.5, 0.6) is 0 Å². The van der Waals surface area contributed by atoms with Crippen LogP contribution in [-0.4, -0.2) is 26.9 Å². The van der Waals surface area contributed by atoms with Crippen molar-refractivity contribution in [1.29, 1.82) is 0 Å². The van der Waals surface area contributed by atoms with E-state index < -0.39 is 21.5 Å². The molecule has 2 aromatic rings. The maximum Gasteiger partial charge on any atom is 0.354 e. The number of thiazole rings is 1. The van der Waals surface area contributed by atoms with Crippen molar-refractivity contribution in [3.05, 3.63) is 39.5 Å². The number of amides is 2. The van der Waals surface area contributed by atoms with Gasteiger partial charge < -0.3 is 16.2 Å². The van der Waals surface area contributed by atoms with Gasteiger partial charge in [-0.3, -0.25) is 0 Å². The van der Waals surface area contributed by atoms with E-state index >= 15 is 0 Å². The number of nitrogens with zero attached hydrogens (tertiary/aromatic N) is 2. The Kier molecular flexibility index (Phi) is 5.24. The van der Waals surface area contributed by atoms with Crippen molar-refractivity contribution in [1.82, 2.24) is 4.98 Å². The molecule has 156 valence electrons. The summed E-state index contributed by atoms with van der Waals surface area (Å²) in [5, 5.41) is 19.2. The number of hydrogen-bond acceptors (Lipinski definition) is 6. The highest BCUT2D eigenvalue weighted by Crippen LogP contribution is 2.38. The molecule has 0 saturated carbocycles. The molecule has 6 N–H and O–H groups in total. The molecule has 1 aromatic carbocycles. The van der Waals surface area contributed by atoms with E-state index in [0.717, 1.165) is 66.7 Å². The number of rotatable bonds is 4. The third kappa shape index (κ3) is 3.82. The zero-order valence-electron chi connectivity index (χ0n) is 16.2. The summed E-state index contributed by atoms with van der Waals surface area (Å²) in [6.07, 6.45) is 7.28. The minimum absolute atomic E-state index is 0.0480. The van der Waals surface area contributed by atoms with E-state index in [1.165, 1.54) is 24.2 Å². The summed E-state index contributed by atoms with van der Waals surface area (Å²) in [6.45, 7) is 1.46. The maximum atomic E-state index is 12.9. The Hall–Kier alpha value is -1.85. The number of hydrogen-bond donors (Lipinski definition) is 4. The van der Waals surface area contributed by atoms with Gasteiger partial charge in [-0.05, 0) is 67.7 Å². The first kappa shape index (κ1) is 20.4. The fourth-order valence-electron chi connectivity index (χ4n) is 4.00. The number of benzene rings is 1. The van der Waals surface area contributed by atoms with E-state index in [9.17, 15) is 14.1 Å². The second kappa shape index (κ2) is 7.44. The van der Waals surface area contributed by atoms with Gasteiger partial charge in [0, 0.05) is 12.2 Å². The quantitative estimate of drug-likeness (QED) is 0.582. The number of anilines is 1. The predicted octanol–water partition coefficient (Wildman–Crippen LogP) is 2.22. The summed E-state index contributed by atoms with van der Waals surface area (Å²) < 4.78 is 16.8. The Morgan fingerprint density at radius 3 is 2.52 bits per heavy atom. The monoisotopic (exact) mass is 435 g/mol. The Bertz CT molecular complexity index is 1070. The molecule has 2 aliphatic rings. The molecule has 2 aliphatic carbocycles. The minimum Gasteiger partial charge on any atom is -0.382 e. The highest BCUT2D eigenvalue weighted by molar-refractivity contribution is 7.93. The second-order valence-corrected chi connectivity index (χ2v) is 10.8. The number of fused-ring (bicyclic) bond motifs is 2. The van der Waals surface area contributed by atoms with Crippen molar-refractivity contribution < 1.29 is 14.1 Å². The molecule has 0 saturated heterocycles. The average Bonchev–Trinajstić information content (AvgIpc) is 3.40. The number of aliphatic hydroxyl groups is 1. The number of carbonyl (C=O) groups excluding carboxylic acids is 1. The number of nitrogens with one attached hydrogen (secondary N) is 1. The Morgan fingerprint density at radius 2 is 1.93 bits per heavy atom. The lowest BCUT2D eigenvalue weighted by Crippen LogP contribution is -2.30. The molecule has 0 fully saturated rings. The van der Waals surface area contributed by atoms with Gasteiger partial charge in [0.15, 0.2) is 9.92 Å². The van der Waals surface area contributed by atoms with Crippen LogP contribution in [0.25, 0.3) is 0 Å². The molecule has 0 aliphatic heterocycles. The van der Waals surface area contributed by atoms with E-state index in [4.69, 9.17) is 10.9 Å². The summed E-state index contributed by atoms with van der Waals surface area (Å²) in [5.41, 5.74) is 9.90. The van der Waals surface area contributed by atoms with E-state index in [-0.39, 0.29) is 15.8 Å². The van der Waals surface area contributed by atoms with Crippen LogP contribution >= 0.6 is 11.3 Å². The SMILES string of the molecule is CC(O)(CN)c1ncc(S(N)(=O)=NC(=O)Nc2c3c(cc4c2CCC4)CCC3)s1. The van der Waals surface area contributed by atoms with Crippen LogP contribution in [-0.2, 0) is 41.2 Å². The number of aromatic nitrogens is 1. The minimum atomic E-state index is -3.49. The maximum absolute atomic E-state index is 12.9. The van der Waals surface area contributed by atoms with Crippen LogP contribution in [0.2, 0.25) is 0 Å². The van der Waals surface area contributed by atoms with Crippen molar-refractivity contribution in [2.45, 2.75) is 55.3 Å². The first-order valence-corrected chi connectivity index (χ1v) is 12.0. The summed E-state index contributed by atoms with van der Waals surface area (Å²) >= 11 is 0.945. The molecular weight excluding hydrogens is 410 g/mol. The summed E-state index contributed by atoms with van der Waals surface area (Å²) in [5.74, 6) is 0. The van der Waals surface area contributed by atoms with E-state index in [2.05, 4.69) is 20.7 Å².